The molecule has 3 aliphatic heterocycles. The van der Waals surface area contributed by atoms with Gasteiger partial charge >= 0.3 is 0 Å². The van der Waals surface area contributed by atoms with Crippen molar-refractivity contribution in [1.82, 2.24) is 0 Å². The average molecular weight is 267 g/mol. The zero-order valence-electron chi connectivity index (χ0n) is 6.85. The standard InChI is InChI=1S/C8H14NO.HI/c1-9-4-2-7(3-5-9)8(10)6-9;/h7H,2-6H2,1H3;1H/q+1;/p-1. The Kier molecular flexibility index (Phi) is 2.59. The maximum Gasteiger partial charge on any atom is 0.190 e. The number of rotatable bonds is 0. The summed E-state index contributed by atoms with van der Waals surface area (Å²) in [5.74, 6) is 0.958. The van der Waals surface area contributed by atoms with Crippen LogP contribution in [0.15, 0.2) is 0 Å². The van der Waals surface area contributed by atoms with Gasteiger partial charge in [-0.15, -0.1) is 0 Å². The number of nitrogens with zero attached hydrogens (tertiary/aromatic N) is 1. The Balaban J connectivity index is 0.000000605. The fourth-order valence-electron chi connectivity index (χ4n) is 2.18. The summed E-state index contributed by atoms with van der Waals surface area (Å²) in [6.07, 6.45) is 2.30. The second-order valence-electron chi connectivity index (χ2n) is 3.97. The normalized spacial score (nSPS) is 41.9. The van der Waals surface area contributed by atoms with E-state index in [1.165, 1.54) is 13.1 Å². The number of quaternary nitrogens is 1. The van der Waals surface area contributed by atoms with Crippen molar-refractivity contribution in [2.24, 2.45) is 5.92 Å². The lowest BCUT2D eigenvalue weighted by Crippen LogP contribution is -3.00. The molecule has 0 aliphatic carbocycles. The fourth-order valence-corrected chi connectivity index (χ4v) is 2.18. The summed E-state index contributed by atoms with van der Waals surface area (Å²) < 4.78 is 1.02. The van der Waals surface area contributed by atoms with Gasteiger partial charge in [0, 0.05) is 18.8 Å². The van der Waals surface area contributed by atoms with Gasteiger partial charge < -0.3 is 28.5 Å². The minimum atomic E-state index is 0. The molecule has 3 saturated heterocycles. The van der Waals surface area contributed by atoms with Crippen molar-refractivity contribution in [3.8, 4) is 0 Å². The molecule has 0 aromatic heterocycles. The molecule has 3 heteroatoms. The summed E-state index contributed by atoms with van der Waals surface area (Å²) in [5.41, 5.74) is 0. The Bertz CT molecular complexity index is 173. The first kappa shape index (κ1) is 9.45. The van der Waals surface area contributed by atoms with Crippen molar-refractivity contribution in [3.05, 3.63) is 0 Å². The first-order chi connectivity index (χ1) is 4.70. The number of carbonyl (C=O) groups excluding carboxylic acids is 1. The third-order valence-electron chi connectivity index (χ3n) is 3.03. The maximum atomic E-state index is 11.2. The van der Waals surface area contributed by atoms with Crippen LogP contribution in [0.4, 0.5) is 0 Å². The van der Waals surface area contributed by atoms with Gasteiger partial charge in [0.2, 0.25) is 0 Å². The number of piperidine rings is 3. The second-order valence-corrected chi connectivity index (χ2v) is 3.97. The maximum absolute atomic E-state index is 11.2. The predicted octanol–water partition coefficient (Wildman–Crippen LogP) is -2.57. The fraction of sp³-hybridized carbons (Fsp3) is 0.875. The molecule has 0 saturated carbocycles. The van der Waals surface area contributed by atoms with Crippen LogP contribution in [0, 0.1) is 5.92 Å². The third kappa shape index (κ3) is 1.59. The van der Waals surface area contributed by atoms with Crippen LogP contribution in [0.25, 0.3) is 0 Å². The van der Waals surface area contributed by atoms with Crippen LogP contribution in [0.1, 0.15) is 12.8 Å². The second kappa shape index (κ2) is 3.01. The highest BCUT2D eigenvalue weighted by molar-refractivity contribution is 5.83. The van der Waals surface area contributed by atoms with E-state index in [4.69, 9.17) is 0 Å². The molecule has 3 fully saturated rings. The highest BCUT2D eigenvalue weighted by Crippen LogP contribution is 2.28. The predicted molar refractivity (Wildman–Crippen MR) is 38.5 cm³/mol. The minimum absolute atomic E-state index is 0. The molecule has 0 aromatic carbocycles. The molecule has 11 heavy (non-hydrogen) atoms. The highest BCUT2D eigenvalue weighted by atomic mass is 127. The molecule has 2 bridgehead atoms. The Morgan fingerprint density at radius 1 is 1.36 bits per heavy atom. The molecule has 3 rings (SSSR count). The van der Waals surface area contributed by atoms with Gasteiger partial charge in [0.25, 0.3) is 0 Å². The van der Waals surface area contributed by atoms with E-state index < -0.39 is 0 Å². The van der Waals surface area contributed by atoms with Gasteiger partial charge in [-0.25, -0.2) is 0 Å². The van der Waals surface area contributed by atoms with Crippen LogP contribution in [0.2, 0.25) is 0 Å². The van der Waals surface area contributed by atoms with E-state index in [0.29, 0.717) is 11.7 Å². The summed E-state index contributed by atoms with van der Waals surface area (Å²) >= 11 is 0. The van der Waals surface area contributed by atoms with Gasteiger partial charge in [0.15, 0.2) is 5.78 Å². The lowest BCUT2D eigenvalue weighted by atomic mass is 9.85. The first-order valence-electron chi connectivity index (χ1n) is 4.06. The van der Waals surface area contributed by atoms with Crippen LogP contribution >= 0.6 is 0 Å². The quantitative estimate of drug-likeness (QED) is 0.348. The van der Waals surface area contributed by atoms with E-state index in [1.807, 2.05) is 0 Å². The number of ketones is 1. The highest BCUT2D eigenvalue weighted by Gasteiger charge is 2.41. The average Bonchev–Trinajstić information content (AvgIpc) is 1.87. The van der Waals surface area contributed by atoms with Crippen LogP contribution in [0.3, 0.4) is 0 Å². The Hall–Kier alpha value is 0.360. The first-order valence-corrected chi connectivity index (χ1v) is 4.06. The van der Waals surface area contributed by atoms with Crippen molar-refractivity contribution >= 4 is 5.78 Å². The molecular formula is C8H14INO. The molecule has 64 valence electrons. The van der Waals surface area contributed by atoms with E-state index in [1.54, 1.807) is 0 Å². The number of hydrogen-bond donors (Lipinski definition) is 0. The molecule has 0 unspecified atom stereocenters. The zero-order valence-corrected chi connectivity index (χ0v) is 9.00. The molecule has 0 aromatic rings. The molecule has 0 amide bonds. The molecule has 0 N–H and O–H groups in total. The van der Waals surface area contributed by atoms with E-state index in [-0.39, 0.29) is 24.0 Å². The number of likely N-dealkylation sites (N-methyl/N-ethyl adjacent to an activating group) is 1. The van der Waals surface area contributed by atoms with Crippen molar-refractivity contribution in [2.75, 3.05) is 26.7 Å². The molecular weight excluding hydrogens is 253 g/mol. The summed E-state index contributed by atoms with van der Waals surface area (Å²) in [6, 6.07) is 0. The van der Waals surface area contributed by atoms with Gasteiger partial charge in [0.1, 0.15) is 6.54 Å². The summed E-state index contributed by atoms with van der Waals surface area (Å²) in [7, 11) is 2.20. The largest absolute Gasteiger partial charge is 1.00 e. The molecule has 0 radical (unpaired) electrons. The van der Waals surface area contributed by atoms with Crippen molar-refractivity contribution in [1.29, 1.82) is 0 Å². The lowest BCUT2D eigenvalue weighted by molar-refractivity contribution is -0.912. The Labute approximate surface area is 84.6 Å². The molecule has 2 nitrogen and oxygen atoms in total. The summed E-state index contributed by atoms with van der Waals surface area (Å²) in [5, 5.41) is 0. The Morgan fingerprint density at radius 2 is 1.91 bits per heavy atom. The van der Waals surface area contributed by atoms with E-state index in [9.17, 15) is 4.79 Å². The minimum Gasteiger partial charge on any atom is -1.00 e. The summed E-state index contributed by atoms with van der Waals surface area (Å²) in [4.78, 5) is 11.2. The lowest BCUT2D eigenvalue weighted by Gasteiger charge is -2.45. The van der Waals surface area contributed by atoms with Crippen LogP contribution in [0.5, 0.6) is 0 Å². The van der Waals surface area contributed by atoms with Gasteiger partial charge in [-0.1, -0.05) is 0 Å². The topological polar surface area (TPSA) is 17.1 Å². The zero-order chi connectivity index (χ0) is 7.19. The van der Waals surface area contributed by atoms with Gasteiger partial charge in [0.05, 0.1) is 20.1 Å². The molecule has 3 heterocycles. The number of Topliss-reactive ketones (excluding diaryl/α,β-unsaturated/α-hetero) is 1. The van der Waals surface area contributed by atoms with Crippen LogP contribution in [-0.4, -0.2) is 36.9 Å². The monoisotopic (exact) mass is 267 g/mol. The molecule has 0 atom stereocenters. The van der Waals surface area contributed by atoms with E-state index >= 15 is 0 Å². The van der Waals surface area contributed by atoms with Gasteiger partial charge in [-0.3, -0.25) is 4.79 Å². The molecule has 3 aliphatic rings. The van der Waals surface area contributed by atoms with Crippen LogP contribution in [-0.2, 0) is 4.79 Å². The van der Waals surface area contributed by atoms with Gasteiger partial charge in [-0.05, 0) is 0 Å². The summed E-state index contributed by atoms with van der Waals surface area (Å²) in [6.45, 7) is 3.28. The Morgan fingerprint density at radius 3 is 2.18 bits per heavy atom. The molecule has 0 spiro atoms. The van der Waals surface area contributed by atoms with Crippen molar-refractivity contribution in [3.63, 3.8) is 0 Å². The van der Waals surface area contributed by atoms with Gasteiger partial charge in [-0.2, -0.15) is 0 Å². The van der Waals surface area contributed by atoms with Crippen molar-refractivity contribution < 1.29 is 33.3 Å². The number of carbonyl (C=O) groups is 1. The van der Waals surface area contributed by atoms with E-state index in [2.05, 4.69) is 7.05 Å². The number of halogens is 1. The van der Waals surface area contributed by atoms with E-state index in [0.717, 1.165) is 23.9 Å². The third-order valence-corrected chi connectivity index (χ3v) is 3.03. The smallest absolute Gasteiger partial charge is 0.190 e. The van der Waals surface area contributed by atoms with Crippen LogP contribution < -0.4 is 24.0 Å². The SMILES string of the molecule is C[N+]12CCC(CC1)C(=O)C2.[I-]. The number of fused-ring (bicyclic) bond motifs is 3. The number of hydrogen-bond acceptors (Lipinski definition) is 1. The van der Waals surface area contributed by atoms with Crippen molar-refractivity contribution in [2.45, 2.75) is 12.8 Å².